The molecule has 2 aliphatic heterocycles. The van der Waals surface area contributed by atoms with Crippen LogP contribution in [0.4, 0.5) is 0 Å². The third kappa shape index (κ3) is 3.43. The standard InChI is InChI=1S/C14H27N3/c1-3-14-12-16(7-2-9-17(14)8-1)10-6-15-11-13-4-5-13/h13-15H,1-12H2. The highest BCUT2D eigenvalue weighted by atomic mass is 15.3. The number of nitrogens with zero attached hydrogens (tertiary/aromatic N) is 2. The van der Waals surface area contributed by atoms with E-state index in [-0.39, 0.29) is 0 Å². The molecule has 1 saturated carbocycles. The first-order valence-electron chi connectivity index (χ1n) is 7.59. The lowest BCUT2D eigenvalue weighted by Crippen LogP contribution is -2.39. The van der Waals surface area contributed by atoms with Crippen LogP contribution >= 0.6 is 0 Å². The van der Waals surface area contributed by atoms with Crippen LogP contribution in [0, 0.1) is 5.92 Å². The van der Waals surface area contributed by atoms with Crippen LogP contribution in [0.1, 0.15) is 32.1 Å². The smallest absolute Gasteiger partial charge is 0.0223 e. The van der Waals surface area contributed by atoms with Gasteiger partial charge in [-0.1, -0.05) is 0 Å². The molecule has 0 bridgehead atoms. The fraction of sp³-hybridized carbons (Fsp3) is 1.00. The van der Waals surface area contributed by atoms with Gasteiger partial charge in [0.25, 0.3) is 0 Å². The first kappa shape index (κ1) is 11.9. The van der Waals surface area contributed by atoms with Crippen molar-refractivity contribution in [3.8, 4) is 0 Å². The van der Waals surface area contributed by atoms with Crippen molar-refractivity contribution in [2.45, 2.75) is 38.1 Å². The first-order chi connectivity index (χ1) is 8.42. The Kier molecular flexibility index (Phi) is 3.99. The van der Waals surface area contributed by atoms with E-state index in [0.717, 1.165) is 12.0 Å². The van der Waals surface area contributed by atoms with Gasteiger partial charge < -0.3 is 10.2 Å². The van der Waals surface area contributed by atoms with Gasteiger partial charge in [-0.2, -0.15) is 0 Å². The molecule has 1 atom stereocenters. The van der Waals surface area contributed by atoms with Crippen LogP contribution in [-0.4, -0.2) is 61.7 Å². The van der Waals surface area contributed by atoms with Crippen molar-refractivity contribution in [1.29, 1.82) is 0 Å². The molecule has 3 heteroatoms. The molecule has 0 radical (unpaired) electrons. The molecule has 0 aromatic heterocycles. The molecule has 1 aliphatic carbocycles. The molecule has 1 unspecified atom stereocenters. The van der Waals surface area contributed by atoms with Gasteiger partial charge in [0, 0.05) is 25.7 Å². The molecule has 0 aromatic carbocycles. The zero-order chi connectivity index (χ0) is 11.5. The number of fused-ring (bicyclic) bond motifs is 1. The Morgan fingerprint density at radius 3 is 2.76 bits per heavy atom. The summed E-state index contributed by atoms with van der Waals surface area (Å²) in [5.74, 6) is 1.02. The van der Waals surface area contributed by atoms with E-state index >= 15 is 0 Å². The lowest BCUT2D eigenvalue weighted by atomic mass is 10.2. The predicted octanol–water partition coefficient (Wildman–Crippen LogP) is 1.16. The fourth-order valence-corrected chi connectivity index (χ4v) is 3.35. The topological polar surface area (TPSA) is 18.5 Å². The Balaban J connectivity index is 1.36. The van der Waals surface area contributed by atoms with Crippen LogP contribution in [0.25, 0.3) is 0 Å². The maximum Gasteiger partial charge on any atom is 0.0223 e. The van der Waals surface area contributed by atoms with E-state index in [1.165, 1.54) is 77.9 Å². The summed E-state index contributed by atoms with van der Waals surface area (Å²) in [6.45, 7) is 9.07. The molecule has 0 aromatic rings. The maximum absolute atomic E-state index is 3.62. The highest BCUT2D eigenvalue weighted by molar-refractivity contribution is 4.85. The largest absolute Gasteiger partial charge is 0.315 e. The van der Waals surface area contributed by atoms with Crippen LogP contribution in [0.5, 0.6) is 0 Å². The molecule has 2 heterocycles. The third-order valence-electron chi connectivity index (χ3n) is 4.62. The lowest BCUT2D eigenvalue weighted by molar-refractivity contribution is 0.220. The second kappa shape index (κ2) is 5.68. The van der Waals surface area contributed by atoms with E-state index in [9.17, 15) is 0 Å². The van der Waals surface area contributed by atoms with Gasteiger partial charge >= 0.3 is 0 Å². The molecule has 2 saturated heterocycles. The van der Waals surface area contributed by atoms with Crippen LogP contribution in [-0.2, 0) is 0 Å². The van der Waals surface area contributed by atoms with Crippen molar-refractivity contribution >= 4 is 0 Å². The van der Waals surface area contributed by atoms with Crippen LogP contribution in [0.2, 0.25) is 0 Å². The quantitative estimate of drug-likeness (QED) is 0.724. The van der Waals surface area contributed by atoms with E-state index in [1.807, 2.05) is 0 Å². The fourth-order valence-electron chi connectivity index (χ4n) is 3.35. The first-order valence-corrected chi connectivity index (χ1v) is 7.59. The van der Waals surface area contributed by atoms with Crippen molar-refractivity contribution in [3.05, 3.63) is 0 Å². The number of hydrogen-bond acceptors (Lipinski definition) is 3. The van der Waals surface area contributed by atoms with Gasteiger partial charge in [0.15, 0.2) is 0 Å². The average Bonchev–Trinajstić information content (AvgIpc) is 3.09. The van der Waals surface area contributed by atoms with Gasteiger partial charge in [0.05, 0.1) is 0 Å². The monoisotopic (exact) mass is 237 g/mol. The van der Waals surface area contributed by atoms with E-state index in [2.05, 4.69) is 15.1 Å². The second-order valence-corrected chi connectivity index (χ2v) is 6.13. The Morgan fingerprint density at radius 1 is 1.00 bits per heavy atom. The highest BCUT2D eigenvalue weighted by Crippen LogP contribution is 2.27. The average molecular weight is 237 g/mol. The molecule has 3 fully saturated rings. The molecule has 3 nitrogen and oxygen atoms in total. The molecule has 0 amide bonds. The Morgan fingerprint density at radius 2 is 1.88 bits per heavy atom. The number of nitrogens with one attached hydrogen (secondary N) is 1. The second-order valence-electron chi connectivity index (χ2n) is 6.13. The summed E-state index contributed by atoms with van der Waals surface area (Å²) in [4.78, 5) is 5.41. The number of rotatable bonds is 5. The summed E-state index contributed by atoms with van der Waals surface area (Å²) in [5.41, 5.74) is 0. The Hall–Kier alpha value is -0.120. The number of hydrogen-bond donors (Lipinski definition) is 1. The summed E-state index contributed by atoms with van der Waals surface area (Å²) in [5, 5.41) is 3.62. The van der Waals surface area contributed by atoms with Crippen molar-refractivity contribution in [1.82, 2.24) is 15.1 Å². The molecule has 3 rings (SSSR count). The Labute approximate surface area is 106 Å². The normalized spacial score (nSPS) is 31.4. The molecule has 0 spiro atoms. The van der Waals surface area contributed by atoms with Crippen LogP contribution in [0.3, 0.4) is 0 Å². The highest BCUT2D eigenvalue weighted by Gasteiger charge is 2.28. The van der Waals surface area contributed by atoms with E-state index in [0.29, 0.717) is 0 Å². The summed E-state index contributed by atoms with van der Waals surface area (Å²) < 4.78 is 0. The van der Waals surface area contributed by atoms with Gasteiger partial charge in [-0.25, -0.2) is 0 Å². The van der Waals surface area contributed by atoms with E-state index in [1.54, 1.807) is 0 Å². The van der Waals surface area contributed by atoms with Crippen molar-refractivity contribution < 1.29 is 0 Å². The summed E-state index contributed by atoms with van der Waals surface area (Å²) >= 11 is 0. The van der Waals surface area contributed by atoms with Crippen LogP contribution in [0.15, 0.2) is 0 Å². The van der Waals surface area contributed by atoms with Crippen molar-refractivity contribution in [2.75, 3.05) is 45.8 Å². The molecule has 98 valence electrons. The van der Waals surface area contributed by atoms with Gasteiger partial charge in [-0.05, 0) is 64.2 Å². The SMILES string of the molecule is C1CC2CN(CCNCC3CC3)CCCN2C1. The van der Waals surface area contributed by atoms with Gasteiger partial charge in [0.1, 0.15) is 0 Å². The minimum atomic E-state index is 0.876. The van der Waals surface area contributed by atoms with E-state index in [4.69, 9.17) is 0 Å². The zero-order valence-corrected chi connectivity index (χ0v) is 11.0. The third-order valence-corrected chi connectivity index (χ3v) is 4.62. The summed E-state index contributed by atoms with van der Waals surface area (Å²) in [6.07, 6.45) is 7.17. The molecular weight excluding hydrogens is 210 g/mol. The van der Waals surface area contributed by atoms with E-state index < -0.39 is 0 Å². The zero-order valence-electron chi connectivity index (χ0n) is 11.0. The summed E-state index contributed by atoms with van der Waals surface area (Å²) in [6, 6.07) is 0.876. The van der Waals surface area contributed by atoms with Crippen molar-refractivity contribution in [3.63, 3.8) is 0 Å². The van der Waals surface area contributed by atoms with Crippen molar-refractivity contribution in [2.24, 2.45) is 5.92 Å². The van der Waals surface area contributed by atoms with Gasteiger partial charge in [-0.15, -0.1) is 0 Å². The molecule has 1 N–H and O–H groups in total. The maximum atomic E-state index is 3.62. The summed E-state index contributed by atoms with van der Waals surface area (Å²) in [7, 11) is 0. The Bertz CT molecular complexity index is 240. The predicted molar refractivity (Wildman–Crippen MR) is 71.2 cm³/mol. The molecule has 3 aliphatic rings. The molecular formula is C14H27N3. The minimum absolute atomic E-state index is 0.876. The van der Waals surface area contributed by atoms with Crippen LogP contribution < -0.4 is 5.32 Å². The lowest BCUT2D eigenvalue weighted by Gasteiger charge is -2.25. The minimum Gasteiger partial charge on any atom is -0.315 e. The van der Waals surface area contributed by atoms with Gasteiger partial charge in [0.2, 0.25) is 0 Å². The van der Waals surface area contributed by atoms with Gasteiger partial charge in [-0.3, -0.25) is 4.90 Å². The molecule has 17 heavy (non-hydrogen) atoms.